The number of nitrogens with zero attached hydrogens (tertiary/aromatic N) is 4. The van der Waals surface area contributed by atoms with E-state index in [1.54, 1.807) is 34.9 Å². The lowest BCUT2D eigenvalue weighted by molar-refractivity contribution is -0.121. The minimum atomic E-state index is -0.132. The average Bonchev–Trinajstić information content (AvgIpc) is 3.60. The Labute approximate surface area is 196 Å². The van der Waals surface area contributed by atoms with E-state index in [4.69, 9.17) is 0 Å². The number of aromatic nitrogens is 3. The highest BCUT2D eigenvalue weighted by Crippen LogP contribution is 2.35. The molecule has 2 unspecified atom stereocenters. The molecule has 2 aromatic heterocycles. The lowest BCUT2D eigenvalue weighted by atomic mass is 9.78. The molecule has 0 radical (unpaired) electrons. The number of amides is 1. The number of hydrogen-bond acceptors (Lipinski definition) is 8. The molecule has 2 aliphatic heterocycles. The van der Waals surface area contributed by atoms with Gasteiger partial charge >= 0.3 is 0 Å². The van der Waals surface area contributed by atoms with Gasteiger partial charge in [0.2, 0.25) is 5.91 Å². The third kappa shape index (κ3) is 4.57. The highest BCUT2D eigenvalue weighted by Gasteiger charge is 2.34. The van der Waals surface area contributed by atoms with Crippen LogP contribution in [0.4, 0.5) is 11.5 Å². The Morgan fingerprint density at radius 3 is 2.55 bits per heavy atom. The van der Waals surface area contributed by atoms with Gasteiger partial charge in [0, 0.05) is 31.4 Å². The number of anilines is 2. The average molecular weight is 463 g/mol. The first-order valence-corrected chi connectivity index (χ1v) is 12.2. The second kappa shape index (κ2) is 9.86. The summed E-state index contributed by atoms with van der Waals surface area (Å²) in [6.07, 6.45) is 4.95. The van der Waals surface area contributed by atoms with Gasteiger partial charge in [-0.2, -0.15) is 5.10 Å². The van der Waals surface area contributed by atoms with E-state index in [9.17, 15) is 9.59 Å². The number of rotatable bonds is 6. The van der Waals surface area contributed by atoms with Crippen LogP contribution in [-0.4, -0.2) is 53.1 Å². The largest absolute Gasteiger partial charge is 0.316 e. The molecule has 2 N–H and O–H groups in total. The molecular weight excluding hydrogens is 436 g/mol. The van der Waals surface area contributed by atoms with Crippen LogP contribution in [0, 0.1) is 11.8 Å². The predicted octanol–water partition coefficient (Wildman–Crippen LogP) is 2.78. The van der Waals surface area contributed by atoms with E-state index in [0.29, 0.717) is 23.8 Å². The highest BCUT2D eigenvalue weighted by atomic mass is 32.1. The van der Waals surface area contributed by atoms with Crippen molar-refractivity contribution in [2.45, 2.75) is 18.8 Å². The minimum absolute atomic E-state index is 0.0216. The first kappa shape index (κ1) is 21.8. The molecule has 1 aromatic carbocycles. The van der Waals surface area contributed by atoms with Gasteiger partial charge in [0.05, 0.1) is 22.0 Å². The summed E-state index contributed by atoms with van der Waals surface area (Å²) < 4.78 is 0. The molecule has 2 fully saturated rings. The van der Waals surface area contributed by atoms with Gasteiger partial charge in [-0.25, -0.2) is 0 Å². The summed E-state index contributed by atoms with van der Waals surface area (Å²) in [4.78, 5) is 32.9. The molecule has 2 saturated heterocycles. The molecule has 0 saturated carbocycles. The molecule has 0 spiro atoms. The molecule has 33 heavy (non-hydrogen) atoms. The maximum atomic E-state index is 13.4. The van der Waals surface area contributed by atoms with Crippen LogP contribution in [0.2, 0.25) is 0 Å². The maximum absolute atomic E-state index is 13.4. The second-order valence-corrected chi connectivity index (χ2v) is 9.36. The first-order valence-electron chi connectivity index (χ1n) is 11.3. The van der Waals surface area contributed by atoms with Gasteiger partial charge in [0.25, 0.3) is 0 Å². The molecule has 0 bridgehead atoms. The van der Waals surface area contributed by atoms with Gasteiger partial charge < -0.3 is 10.6 Å². The summed E-state index contributed by atoms with van der Waals surface area (Å²) in [5.41, 5.74) is 3.57. The van der Waals surface area contributed by atoms with Crippen molar-refractivity contribution in [2.75, 3.05) is 31.1 Å². The summed E-state index contributed by atoms with van der Waals surface area (Å²) in [6, 6.07) is 11.6. The Hall–Kier alpha value is -3.01. The maximum Gasteiger partial charge on any atom is 0.237 e. The number of carbonyl (C=O) groups excluding carboxylic acids is 2. The smallest absolute Gasteiger partial charge is 0.237 e. The van der Waals surface area contributed by atoms with Crippen molar-refractivity contribution in [1.82, 2.24) is 25.8 Å². The van der Waals surface area contributed by atoms with Crippen LogP contribution in [0.5, 0.6) is 0 Å². The van der Waals surface area contributed by atoms with E-state index in [0.717, 1.165) is 37.2 Å². The summed E-state index contributed by atoms with van der Waals surface area (Å²) in [5, 5.41) is 14.8. The fourth-order valence-corrected chi connectivity index (χ4v) is 5.38. The predicted molar refractivity (Wildman–Crippen MR) is 127 cm³/mol. The Morgan fingerprint density at radius 1 is 1.03 bits per heavy atom. The topological polar surface area (TPSA) is 100 Å². The van der Waals surface area contributed by atoms with Crippen molar-refractivity contribution in [3.05, 3.63) is 64.7 Å². The molecule has 0 aliphatic carbocycles. The highest BCUT2D eigenvalue weighted by molar-refractivity contribution is 7.11. The second-order valence-electron chi connectivity index (χ2n) is 8.47. The van der Waals surface area contributed by atoms with Crippen molar-refractivity contribution < 1.29 is 9.59 Å². The molecule has 3 atom stereocenters. The number of Topliss-reactive ketones (excluding diaryl/α,β-unsaturated/α-hetero) is 1. The first-order chi connectivity index (χ1) is 16.2. The van der Waals surface area contributed by atoms with Crippen LogP contribution >= 0.6 is 11.3 Å². The fourth-order valence-electron chi connectivity index (χ4n) is 4.76. The monoisotopic (exact) mass is 462 g/mol. The zero-order valence-electron chi connectivity index (χ0n) is 18.2. The van der Waals surface area contributed by atoms with Gasteiger partial charge in [-0.15, -0.1) is 16.4 Å². The molecule has 3 aromatic rings. The number of hydrogen-bond donors (Lipinski definition) is 2. The van der Waals surface area contributed by atoms with E-state index in [2.05, 4.69) is 25.8 Å². The van der Waals surface area contributed by atoms with Crippen LogP contribution in [0.3, 0.4) is 0 Å². The van der Waals surface area contributed by atoms with Gasteiger partial charge in [0.15, 0.2) is 11.6 Å². The van der Waals surface area contributed by atoms with Gasteiger partial charge in [0.1, 0.15) is 0 Å². The van der Waals surface area contributed by atoms with Gasteiger partial charge in [-0.1, -0.05) is 12.1 Å². The summed E-state index contributed by atoms with van der Waals surface area (Å²) in [6.45, 7) is 3.04. The lowest BCUT2D eigenvalue weighted by Crippen LogP contribution is -2.39. The summed E-state index contributed by atoms with van der Waals surface area (Å²) in [7, 11) is 0. The number of benzene rings is 1. The number of nitrogens with one attached hydrogen (secondary N) is 2. The lowest BCUT2D eigenvalue weighted by Gasteiger charge is -2.31. The fraction of sp³-hybridized carbons (Fsp3) is 0.375. The third-order valence-corrected chi connectivity index (χ3v) is 7.28. The molecular formula is C24H26N6O2S. The van der Waals surface area contributed by atoms with E-state index >= 15 is 0 Å². The van der Waals surface area contributed by atoms with Crippen LogP contribution in [0.25, 0.3) is 0 Å². The molecule has 5 rings (SSSR count). The molecule has 2 aliphatic rings. The number of ketones is 1. The molecule has 8 nitrogen and oxygen atoms in total. The number of carbonyl (C=O) groups is 2. The van der Waals surface area contributed by atoms with Crippen LogP contribution in [0.1, 0.15) is 34.0 Å². The van der Waals surface area contributed by atoms with Crippen molar-refractivity contribution in [3.63, 3.8) is 0 Å². The van der Waals surface area contributed by atoms with E-state index in [1.807, 2.05) is 24.3 Å². The van der Waals surface area contributed by atoms with Crippen molar-refractivity contribution in [1.29, 1.82) is 0 Å². The normalized spacial score (nSPS) is 22.7. The van der Waals surface area contributed by atoms with Crippen LogP contribution < -0.4 is 15.5 Å². The minimum Gasteiger partial charge on any atom is -0.316 e. The SMILES string of the molecule is O=C(c1cncs1)C1CNCCC1c1ccc(N(C(=O)[C@H]2CCNC2)c2cccnn2)cc1. The molecule has 170 valence electrons. The molecule has 1 amide bonds. The zero-order valence-corrected chi connectivity index (χ0v) is 19.0. The van der Waals surface area contributed by atoms with E-state index < -0.39 is 0 Å². The van der Waals surface area contributed by atoms with E-state index in [1.165, 1.54) is 11.3 Å². The summed E-state index contributed by atoms with van der Waals surface area (Å²) >= 11 is 1.39. The summed E-state index contributed by atoms with van der Waals surface area (Å²) in [5.74, 6) is 0.582. The Morgan fingerprint density at radius 2 is 1.85 bits per heavy atom. The molecule has 4 heterocycles. The van der Waals surface area contributed by atoms with Crippen molar-refractivity contribution in [2.24, 2.45) is 11.8 Å². The Balaban J connectivity index is 1.42. The van der Waals surface area contributed by atoms with Crippen molar-refractivity contribution >= 4 is 34.5 Å². The third-order valence-electron chi connectivity index (χ3n) is 6.49. The number of piperidine rings is 1. The number of thiazole rings is 1. The van der Waals surface area contributed by atoms with Gasteiger partial charge in [-0.05, 0) is 61.7 Å². The standard InChI is InChI=1S/C24H26N6O2S/c31-23(21-14-27-15-33-21)20-13-26-11-8-19(20)16-3-5-18(6-4-16)30(22-2-1-9-28-29-22)24(32)17-7-10-25-12-17/h1-6,9,14-15,17,19-20,25-26H,7-8,10-13H2/t17-,19?,20?/m0/s1. The Bertz CT molecular complexity index is 1080. The van der Waals surface area contributed by atoms with Gasteiger partial charge in [-0.3, -0.25) is 19.5 Å². The van der Waals surface area contributed by atoms with Crippen LogP contribution in [-0.2, 0) is 4.79 Å². The van der Waals surface area contributed by atoms with Crippen molar-refractivity contribution in [3.8, 4) is 0 Å². The van der Waals surface area contributed by atoms with Crippen LogP contribution in [0.15, 0.2) is 54.3 Å². The van der Waals surface area contributed by atoms with E-state index in [-0.39, 0.29) is 29.4 Å². The zero-order chi connectivity index (χ0) is 22.6. The quantitative estimate of drug-likeness (QED) is 0.543. The Kier molecular flexibility index (Phi) is 6.52. The molecule has 9 heteroatoms.